The second kappa shape index (κ2) is 9.90. The molecule has 0 fully saturated rings. The lowest BCUT2D eigenvalue weighted by molar-refractivity contribution is -0.121. The van der Waals surface area contributed by atoms with Crippen LogP contribution in [0.15, 0.2) is 53.5 Å². The molecule has 7 heteroatoms. The van der Waals surface area contributed by atoms with Crippen molar-refractivity contribution in [3.05, 3.63) is 53.6 Å². The van der Waals surface area contributed by atoms with Crippen molar-refractivity contribution >= 4 is 27.5 Å². The van der Waals surface area contributed by atoms with Crippen molar-refractivity contribution in [2.75, 3.05) is 19.6 Å². The Balaban J connectivity index is 1.95. The fourth-order valence-corrected chi connectivity index (χ4v) is 4.35. The Labute approximate surface area is 160 Å². The molecule has 0 unspecified atom stereocenters. The van der Waals surface area contributed by atoms with Crippen molar-refractivity contribution in [1.82, 2.24) is 9.62 Å². The lowest BCUT2D eigenvalue weighted by Crippen LogP contribution is -2.41. The van der Waals surface area contributed by atoms with Gasteiger partial charge in [0.25, 0.3) is 0 Å². The van der Waals surface area contributed by atoms with Crippen LogP contribution in [0.1, 0.15) is 32.1 Å². The van der Waals surface area contributed by atoms with Crippen LogP contribution in [-0.2, 0) is 14.8 Å². The summed E-state index contributed by atoms with van der Waals surface area (Å²) >= 11 is 5.81. The van der Waals surface area contributed by atoms with Crippen molar-refractivity contribution < 1.29 is 13.2 Å². The zero-order valence-corrected chi connectivity index (χ0v) is 16.4. The molecule has 1 aromatic rings. The van der Waals surface area contributed by atoms with Crippen LogP contribution < -0.4 is 5.32 Å². The summed E-state index contributed by atoms with van der Waals surface area (Å²) in [7, 11) is -3.79. The number of benzene rings is 1. The molecule has 1 N–H and O–H groups in total. The minimum atomic E-state index is -3.79. The molecule has 0 aliphatic heterocycles. The molecule has 2 rings (SSSR count). The summed E-state index contributed by atoms with van der Waals surface area (Å²) in [4.78, 5) is 12.3. The van der Waals surface area contributed by atoms with Crippen LogP contribution in [0.2, 0.25) is 5.02 Å². The molecule has 0 heterocycles. The first-order chi connectivity index (χ1) is 12.4. The van der Waals surface area contributed by atoms with E-state index in [0.717, 1.165) is 23.6 Å². The highest BCUT2D eigenvalue weighted by molar-refractivity contribution is 7.89. The molecule has 0 aromatic heterocycles. The van der Waals surface area contributed by atoms with Crippen LogP contribution in [0, 0.1) is 0 Å². The van der Waals surface area contributed by atoms with Gasteiger partial charge in [-0.1, -0.05) is 29.3 Å². The predicted molar refractivity (Wildman–Crippen MR) is 105 cm³/mol. The maximum atomic E-state index is 12.7. The van der Waals surface area contributed by atoms with Crippen LogP contribution in [-0.4, -0.2) is 38.3 Å². The van der Waals surface area contributed by atoms with Crippen LogP contribution in [0.4, 0.5) is 0 Å². The minimum absolute atomic E-state index is 0.0591. The first-order valence-electron chi connectivity index (χ1n) is 8.74. The number of nitrogens with one attached hydrogen (secondary N) is 1. The van der Waals surface area contributed by atoms with Gasteiger partial charge in [-0.25, -0.2) is 8.42 Å². The van der Waals surface area contributed by atoms with Crippen LogP contribution in [0.5, 0.6) is 0 Å². The first kappa shape index (κ1) is 20.7. The highest BCUT2D eigenvalue weighted by Gasteiger charge is 2.25. The van der Waals surface area contributed by atoms with Gasteiger partial charge in [-0.05, 0) is 56.4 Å². The summed E-state index contributed by atoms with van der Waals surface area (Å²) in [5.74, 6) is -0.319. The number of nitrogens with zero attached hydrogens (tertiary/aromatic N) is 1. The Morgan fingerprint density at radius 1 is 1.27 bits per heavy atom. The second-order valence-electron chi connectivity index (χ2n) is 6.25. The van der Waals surface area contributed by atoms with E-state index in [2.05, 4.69) is 18.0 Å². The van der Waals surface area contributed by atoms with Crippen molar-refractivity contribution in [1.29, 1.82) is 0 Å². The van der Waals surface area contributed by atoms with E-state index < -0.39 is 10.0 Å². The molecule has 0 radical (unpaired) electrons. The summed E-state index contributed by atoms with van der Waals surface area (Å²) in [5, 5.41) is 3.26. The molecule has 142 valence electrons. The highest BCUT2D eigenvalue weighted by atomic mass is 35.5. The van der Waals surface area contributed by atoms with E-state index in [1.165, 1.54) is 48.8 Å². The maximum absolute atomic E-state index is 12.7. The van der Waals surface area contributed by atoms with Gasteiger partial charge in [0.1, 0.15) is 0 Å². The molecule has 1 aromatic carbocycles. The summed E-state index contributed by atoms with van der Waals surface area (Å²) in [6.45, 7) is 3.93. The quantitative estimate of drug-likeness (QED) is 0.649. The number of carbonyl (C=O) groups excluding carboxylic acids is 1. The zero-order valence-electron chi connectivity index (χ0n) is 14.8. The van der Waals surface area contributed by atoms with E-state index in [9.17, 15) is 13.2 Å². The second-order valence-corrected chi connectivity index (χ2v) is 8.62. The Morgan fingerprint density at radius 2 is 2.00 bits per heavy atom. The number of rotatable bonds is 9. The number of allylic oxidation sites excluding steroid dienone is 1. The standard InChI is InChI=1S/C19H25ClN2O3S/c1-2-14-22(26(24,25)18-10-8-17(20)9-11-18)15-19(23)21-13-12-16-6-4-3-5-7-16/h2,6,8-11H,1,3-5,7,12-15H2,(H,21,23). The summed E-state index contributed by atoms with van der Waals surface area (Å²) < 4.78 is 26.6. The van der Waals surface area contributed by atoms with Crippen molar-refractivity contribution in [2.45, 2.75) is 37.0 Å². The molecule has 0 spiro atoms. The smallest absolute Gasteiger partial charge is 0.243 e. The number of sulfonamides is 1. The molecule has 1 aliphatic carbocycles. The van der Waals surface area contributed by atoms with Gasteiger partial charge in [0, 0.05) is 18.1 Å². The lowest BCUT2D eigenvalue weighted by atomic mass is 9.97. The molecule has 0 saturated heterocycles. The third kappa shape index (κ3) is 5.97. The van der Waals surface area contributed by atoms with Gasteiger partial charge in [-0.3, -0.25) is 4.79 Å². The van der Waals surface area contributed by atoms with E-state index >= 15 is 0 Å². The van der Waals surface area contributed by atoms with Gasteiger partial charge in [0.15, 0.2) is 0 Å². The van der Waals surface area contributed by atoms with Crippen LogP contribution >= 0.6 is 11.6 Å². The SMILES string of the molecule is C=CCN(CC(=O)NCCC1=CCCCC1)S(=O)(=O)c1ccc(Cl)cc1. The maximum Gasteiger partial charge on any atom is 0.243 e. The largest absolute Gasteiger partial charge is 0.355 e. The Morgan fingerprint density at radius 3 is 2.62 bits per heavy atom. The highest BCUT2D eigenvalue weighted by Crippen LogP contribution is 2.20. The van der Waals surface area contributed by atoms with Crippen molar-refractivity contribution in [3.63, 3.8) is 0 Å². The van der Waals surface area contributed by atoms with Gasteiger partial charge in [-0.15, -0.1) is 6.58 Å². The molecule has 5 nitrogen and oxygen atoms in total. The average molecular weight is 397 g/mol. The number of hydrogen-bond donors (Lipinski definition) is 1. The normalized spacial score (nSPS) is 14.8. The number of amides is 1. The van der Waals surface area contributed by atoms with E-state index in [1.54, 1.807) is 0 Å². The average Bonchev–Trinajstić information content (AvgIpc) is 2.62. The zero-order chi connectivity index (χ0) is 19.0. The molecule has 1 amide bonds. The van der Waals surface area contributed by atoms with E-state index in [-0.39, 0.29) is 23.9 Å². The monoisotopic (exact) mass is 396 g/mol. The first-order valence-corrected chi connectivity index (χ1v) is 10.6. The molecule has 0 saturated carbocycles. The lowest BCUT2D eigenvalue weighted by Gasteiger charge is -2.20. The summed E-state index contributed by atoms with van der Waals surface area (Å²) in [5.41, 5.74) is 1.37. The van der Waals surface area contributed by atoms with E-state index in [1.807, 2.05) is 0 Å². The third-order valence-corrected chi connectivity index (χ3v) is 6.34. The topological polar surface area (TPSA) is 66.5 Å². The van der Waals surface area contributed by atoms with Crippen molar-refractivity contribution in [2.24, 2.45) is 0 Å². The summed E-state index contributed by atoms with van der Waals surface area (Å²) in [6.07, 6.45) is 9.15. The van der Waals surface area contributed by atoms with Gasteiger partial charge in [0.2, 0.25) is 15.9 Å². The number of hydrogen-bond acceptors (Lipinski definition) is 3. The fourth-order valence-electron chi connectivity index (χ4n) is 2.86. The Bertz CT molecular complexity index is 757. The Kier molecular flexibility index (Phi) is 7.87. The molecule has 26 heavy (non-hydrogen) atoms. The van der Waals surface area contributed by atoms with Gasteiger partial charge >= 0.3 is 0 Å². The van der Waals surface area contributed by atoms with Gasteiger partial charge < -0.3 is 5.32 Å². The molecule has 1 aliphatic rings. The molecular formula is C19H25ClN2O3S. The molecule has 0 bridgehead atoms. The van der Waals surface area contributed by atoms with Gasteiger partial charge in [0.05, 0.1) is 11.4 Å². The summed E-state index contributed by atoms with van der Waals surface area (Å²) in [6, 6.07) is 5.89. The number of carbonyl (C=O) groups is 1. The predicted octanol–water partition coefficient (Wildman–Crippen LogP) is 3.52. The Hall–Kier alpha value is -1.63. The van der Waals surface area contributed by atoms with Gasteiger partial charge in [-0.2, -0.15) is 4.31 Å². The van der Waals surface area contributed by atoms with E-state index in [0.29, 0.717) is 11.6 Å². The molecule has 0 atom stereocenters. The van der Waals surface area contributed by atoms with Crippen molar-refractivity contribution in [3.8, 4) is 0 Å². The minimum Gasteiger partial charge on any atom is -0.355 e. The molecular weight excluding hydrogens is 372 g/mol. The number of halogens is 1. The van der Waals surface area contributed by atoms with Crippen LogP contribution in [0.25, 0.3) is 0 Å². The third-order valence-electron chi connectivity index (χ3n) is 4.26. The van der Waals surface area contributed by atoms with E-state index in [4.69, 9.17) is 11.6 Å². The fraction of sp³-hybridized carbons (Fsp3) is 0.421. The van der Waals surface area contributed by atoms with Crippen LogP contribution in [0.3, 0.4) is 0 Å².